The van der Waals surface area contributed by atoms with Gasteiger partial charge in [-0.25, -0.2) is 12.8 Å². The molecule has 0 aliphatic heterocycles. The zero-order valence-corrected chi connectivity index (χ0v) is 11.5. The van der Waals surface area contributed by atoms with E-state index in [0.29, 0.717) is 5.69 Å². The van der Waals surface area contributed by atoms with E-state index in [1.54, 1.807) is 13.0 Å². The van der Waals surface area contributed by atoms with E-state index in [9.17, 15) is 12.8 Å². The van der Waals surface area contributed by atoms with E-state index in [2.05, 4.69) is 4.72 Å². The monoisotopic (exact) mass is 285 g/mol. The molecule has 3 nitrogen and oxygen atoms in total. The van der Waals surface area contributed by atoms with Crippen molar-refractivity contribution in [2.45, 2.75) is 18.7 Å². The van der Waals surface area contributed by atoms with Crippen molar-refractivity contribution in [1.29, 1.82) is 0 Å². The lowest BCUT2D eigenvalue weighted by molar-refractivity contribution is 0.601. The van der Waals surface area contributed by atoms with Crippen molar-refractivity contribution in [1.82, 2.24) is 0 Å². The van der Waals surface area contributed by atoms with Crippen LogP contribution in [-0.2, 0) is 10.0 Å². The molecule has 0 amide bonds. The summed E-state index contributed by atoms with van der Waals surface area (Å²) in [5.74, 6) is -0.402. The van der Waals surface area contributed by atoms with Crippen LogP contribution in [0, 0.1) is 19.7 Å². The van der Waals surface area contributed by atoms with Crippen LogP contribution in [0.2, 0.25) is 0 Å². The highest BCUT2D eigenvalue weighted by molar-refractivity contribution is 7.93. The molecule has 0 fully saturated rings. The molecule has 0 unspecified atom stereocenters. The average Bonchev–Trinajstić information content (AvgIpc) is 2.62. The Morgan fingerprint density at radius 1 is 1.17 bits per heavy atom. The number of hydrogen-bond acceptors (Lipinski definition) is 3. The number of benzene rings is 1. The third kappa shape index (κ3) is 2.70. The summed E-state index contributed by atoms with van der Waals surface area (Å²) in [5.41, 5.74) is 0.347. The lowest BCUT2D eigenvalue weighted by Crippen LogP contribution is -2.13. The molecule has 0 saturated carbocycles. The molecular formula is C12H12FNO2S2. The van der Waals surface area contributed by atoms with Gasteiger partial charge in [-0.05, 0) is 44.2 Å². The largest absolute Gasteiger partial charge is 0.280 e. The van der Waals surface area contributed by atoms with Gasteiger partial charge in [0.2, 0.25) is 0 Å². The Bertz CT molecular complexity index is 660. The molecule has 1 N–H and O–H groups in total. The topological polar surface area (TPSA) is 46.2 Å². The van der Waals surface area contributed by atoms with Crippen LogP contribution in [-0.4, -0.2) is 8.42 Å². The fourth-order valence-electron chi connectivity index (χ4n) is 1.60. The van der Waals surface area contributed by atoms with Crippen LogP contribution >= 0.6 is 11.3 Å². The van der Waals surface area contributed by atoms with E-state index in [1.807, 2.05) is 6.92 Å². The number of thiophene rings is 1. The van der Waals surface area contributed by atoms with Gasteiger partial charge in [0, 0.05) is 15.4 Å². The highest BCUT2D eigenvalue weighted by atomic mass is 32.2. The molecule has 1 aromatic heterocycles. The van der Waals surface area contributed by atoms with E-state index >= 15 is 0 Å². The second-order valence-electron chi connectivity index (χ2n) is 3.89. The SMILES string of the molecule is Cc1cc(S(=O)(=O)Nc2ccc(F)cc2)c(C)s1. The van der Waals surface area contributed by atoms with E-state index in [0.717, 1.165) is 9.75 Å². The molecular weight excluding hydrogens is 273 g/mol. The molecule has 2 rings (SSSR count). The Balaban J connectivity index is 2.33. The van der Waals surface area contributed by atoms with E-state index in [-0.39, 0.29) is 4.90 Å². The molecule has 0 bridgehead atoms. The number of sulfonamides is 1. The molecule has 0 saturated heterocycles. The summed E-state index contributed by atoms with van der Waals surface area (Å²) in [6, 6.07) is 6.84. The van der Waals surface area contributed by atoms with Crippen LogP contribution in [0.15, 0.2) is 35.2 Å². The lowest BCUT2D eigenvalue weighted by atomic mass is 10.3. The van der Waals surface area contributed by atoms with Gasteiger partial charge in [0.1, 0.15) is 10.7 Å². The maximum Gasteiger partial charge on any atom is 0.262 e. The number of anilines is 1. The zero-order chi connectivity index (χ0) is 13.3. The minimum Gasteiger partial charge on any atom is -0.280 e. The van der Waals surface area contributed by atoms with E-state index < -0.39 is 15.8 Å². The number of nitrogens with one attached hydrogen (secondary N) is 1. The minimum atomic E-state index is -3.60. The average molecular weight is 285 g/mol. The predicted molar refractivity (Wildman–Crippen MR) is 71.0 cm³/mol. The Hall–Kier alpha value is -1.40. The molecule has 96 valence electrons. The fourth-order valence-corrected chi connectivity index (χ4v) is 4.22. The van der Waals surface area contributed by atoms with Gasteiger partial charge >= 0.3 is 0 Å². The summed E-state index contributed by atoms with van der Waals surface area (Å²) < 4.78 is 39.4. The summed E-state index contributed by atoms with van der Waals surface area (Å²) in [5, 5.41) is 0. The standard InChI is InChI=1S/C12H12FNO2S2/c1-8-7-12(9(2)17-8)18(15,16)14-11-5-3-10(13)4-6-11/h3-7,14H,1-2H3. The highest BCUT2D eigenvalue weighted by Gasteiger charge is 2.19. The van der Waals surface area contributed by atoms with Gasteiger partial charge < -0.3 is 0 Å². The maximum absolute atomic E-state index is 12.7. The Morgan fingerprint density at radius 2 is 1.78 bits per heavy atom. The van der Waals surface area contributed by atoms with Gasteiger partial charge in [0.05, 0.1) is 0 Å². The second kappa shape index (κ2) is 4.70. The fraction of sp³-hybridized carbons (Fsp3) is 0.167. The molecule has 0 spiro atoms. The van der Waals surface area contributed by atoms with Crippen LogP contribution in [0.3, 0.4) is 0 Å². The van der Waals surface area contributed by atoms with E-state index in [1.165, 1.54) is 35.6 Å². The minimum absolute atomic E-state index is 0.273. The Labute approximate surface area is 109 Å². The molecule has 2 aromatic rings. The van der Waals surface area contributed by atoms with Crippen LogP contribution in [0.4, 0.5) is 10.1 Å². The molecule has 0 atom stereocenters. The van der Waals surface area contributed by atoms with Crippen LogP contribution in [0.1, 0.15) is 9.75 Å². The first kappa shape index (κ1) is 13.0. The molecule has 0 aliphatic carbocycles. The predicted octanol–water partition coefficient (Wildman–Crippen LogP) is 3.30. The van der Waals surface area contributed by atoms with Crippen molar-refractivity contribution in [2.24, 2.45) is 0 Å². The van der Waals surface area contributed by atoms with Crippen molar-refractivity contribution >= 4 is 27.0 Å². The van der Waals surface area contributed by atoms with Gasteiger partial charge in [-0.1, -0.05) is 0 Å². The van der Waals surface area contributed by atoms with Crippen molar-refractivity contribution in [3.05, 3.63) is 45.9 Å². The highest BCUT2D eigenvalue weighted by Crippen LogP contribution is 2.26. The summed E-state index contributed by atoms with van der Waals surface area (Å²) in [7, 11) is -3.60. The van der Waals surface area contributed by atoms with Crippen molar-refractivity contribution < 1.29 is 12.8 Å². The van der Waals surface area contributed by atoms with Gasteiger partial charge in [0.25, 0.3) is 10.0 Å². The van der Waals surface area contributed by atoms with E-state index in [4.69, 9.17) is 0 Å². The van der Waals surface area contributed by atoms with Gasteiger partial charge in [-0.15, -0.1) is 11.3 Å². The van der Waals surface area contributed by atoms with Crippen molar-refractivity contribution in [3.63, 3.8) is 0 Å². The maximum atomic E-state index is 12.7. The molecule has 1 heterocycles. The van der Waals surface area contributed by atoms with Gasteiger partial charge in [-0.3, -0.25) is 4.72 Å². The van der Waals surface area contributed by atoms with Gasteiger partial charge in [0.15, 0.2) is 0 Å². The molecule has 0 aliphatic rings. The molecule has 6 heteroatoms. The molecule has 18 heavy (non-hydrogen) atoms. The number of rotatable bonds is 3. The Morgan fingerprint density at radius 3 is 2.28 bits per heavy atom. The van der Waals surface area contributed by atoms with Crippen molar-refractivity contribution in [2.75, 3.05) is 4.72 Å². The first-order chi connectivity index (χ1) is 8.38. The Kier molecular flexibility index (Phi) is 3.41. The van der Waals surface area contributed by atoms with Gasteiger partial charge in [-0.2, -0.15) is 0 Å². The first-order valence-electron chi connectivity index (χ1n) is 5.24. The third-order valence-corrected chi connectivity index (χ3v) is 4.98. The zero-order valence-electron chi connectivity index (χ0n) is 9.90. The summed E-state index contributed by atoms with van der Waals surface area (Å²) in [6.07, 6.45) is 0. The molecule has 1 aromatic carbocycles. The van der Waals surface area contributed by atoms with Crippen LogP contribution in [0.5, 0.6) is 0 Å². The van der Waals surface area contributed by atoms with Crippen molar-refractivity contribution in [3.8, 4) is 0 Å². The van der Waals surface area contributed by atoms with Crippen LogP contribution in [0.25, 0.3) is 0 Å². The summed E-state index contributed by atoms with van der Waals surface area (Å²) >= 11 is 1.43. The normalized spacial score (nSPS) is 11.5. The lowest BCUT2D eigenvalue weighted by Gasteiger charge is -2.07. The number of aryl methyl sites for hydroxylation is 2. The quantitative estimate of drug-likeness (QED) is 0.940. The number of hydrogen-bond donors (Lipinski definition) is 1. The smallest absolute Gasteiger partial charge is 0.262 e. The summed E-state index contributed by atoms with van der Waals surface area (Å²) in [6.45, 7) is 3.62. The second-order valence-corrected chi connectivity index (χ2v) is 7.00. The third-order valence-electron chi connectivity index (χ3n) is 2.38. The first-order valence-corrected chi connectivity index (χ1v) is 7.54. The molecule has 0 radical (unpaired) electrons. The number of halogens is 1. The summed E-state index contributed by atoms with van der Waals surface area (Å²) in [4.78, 5) is 1.95. The van der Waals surface area contributed by atoms with Crippen LogP contribution < -0.4 is 4.72 Å².